The summed E-state index contributed by atoms with van der Waals surface area (Å²) in [5.41, 5.74) is 2.36. The van der Waals surface area contributed by atoms with Gasteiger partial charge in [-0.15, -0.1) is 0 Å². The van der Waals surface area contributed by atoms with Crippen LogP contribution in [0.2, 0.25) is 0 Å². The van der Waals surface area contributed by atoms with Crippen LogP contribution in [0, 0.1) is 6.92 Å². The lowest BCUT2D eigenvalue weighted by atomic mass is 10.0. The van der Waals surface area contributed by atoms with Gasteiger partial charge in [0.05, 0.1) is 11.9 Å². The van der Waals surface area contributed by atoms with Crippen molar-refractivity contribution < 1.29 is 9.59 Å². The van der Waals surface area contributed by atoms with Crippen LogP contribution in [-0.2, 0) is 7.05 Å². The highest BCUT2D eigenvalue weighted by molar-refractivity contribution is 5.95. The van der Waals surface area contributed by atoms with Crippen LogP contribution in [0.15, 0.2) is 36.7 Å². The Labute approximate surface area is 147 Å². The van der Waals surface area contributed by atoms with Crippen LogP contribution >= 0.6 is 0 Å². The molecule has 7 nitrogen and oxygen atoms in total. The highest BCUT2D eigenvalue weighted by atomic mass is 16.2. The standard InChI is InChI=1S/C18H23N5O2/c1-13-5-3-4-6-16(13)17(24)20-14-7-9-23(10-8-14)18(25)21-15-11-19-22(2)12-15/h3-6,11-12,14H,7-10H2,1-2H3,(H,20,24)(H,21,25). The predicted molar refractivity (Wildman–Crippen MR) is 95.5 cm³/mol. The first kappa shape index (κ1) is 17.0. The largest absolute Gasteiger partial charge is 0.349 e. The number of carbonyl (C=O) groups excluding carboxylic acids is 2. The molecule has 1 aliphatic rings. The van der Waals surface area contributed by atoms with Crippen molar-refractivity contribution >= 4 is 17.6 Å². The van der Waals surface area contributed by atoms with Gasteiger partial charge in [-0.2, -0.15) is 5.10 Å². The molecule has 0 bridgehead atoms. The van der Waals surface area contributed by atoms with E-state index in [9.17, 15) is 9.59 Å². The molecule has 0 atom stereocenters. The van der Waals surface area contributed by atoms with Crippen molar-refractivity contribution in [2.24, 2.45) is 7.05 Å². The number of aryl methyl sites for hydroxylation is 2. The number of urea groups is 1. The van der Waals surface area contributed by atoms with Gasteiger partial charge in [0, 0.05) is 37.9 Å². The second-order valence-corrected chi connectivity index (χ2v) is 6.38. The monoisotopic (exact) mass is 341 g/mol. The third kappa shape index (κ3) is 4.17. The van der Waals surface area contributed by atoms with Gasteiger partial charge >= 0.3 is 6.03 Å². The van der Waals surface area contributed by atoms with E-state index in [4.69, 9.17) is 0 Å². The number of rotatable bonds is 3. The van der Waals surface area contributed by atoms with E-state index in [0.717, 1.165) is 18.4 Å². The van der Waals surface area contributed by atoms with Gasteiger partial charge in [0.1, 0.15) is 0 Å². The third-order valence-electron chi connectivity index (χ3n) is 4.46. The molecule has 1 saturated heterocycles. The first-order valence-corrected chi connectivity index (χ1v) is 8.44. The van der Waals surface area contributed by atoms with Crippen molar-refractivity contribution in [3.05, 3.63) is 47.8 Å². The summed E-state index contributed by atoms with van der Waals surface area (Å²) in [7, 11) is 1.80. The van der Waals surface area contributed by atoms with Crippen LogP contribution in [-0.4, -0.2) is 45.8 Å². The molecule has 2 heterocycles. The molecule has 0 saturated carbocycles. The normalized spacial score (nSPS) is 15.0. The van der Waals surface area contributed by atoms with E-state index < -0.39 is 0 Å². The number of amides is 3. The Kier molecular flexibility index (Phi) is 5.02. The first-order valence-electron chi connectivity index (χ1n) is 8.44. The lowest BCUT2D eigenvalue weighted by Gasteiger charge is -2.32. The molecule has 1 aromatic carbocycles. The van der Waals surface area contributed by atoms with E-state index in [-0.39, 0.29) is 18.0 Å². The first-order chi connectivity index (χ1) is 12.0. The maximum absolute atomic E-state index is 12.4. The number of piperidine rings is 1. The number of hydrogen-bond acceptors (Lipinski definition) is 3. The number of likely N-dealkylation sites (tertiary alicyclic amines) is 1. The lowest BCUT2D eigenvalue weighted by molar-refractivity contribution is 0.0918. The molecule has 0 aliphatic carbocycles. The predicted octanol–water partition coefficient (Wildman–Crippen LogP) is 2.15. The number of aromatic nitrogens is 2. The Bertz CT molecular complexity index is 762. The zero-order valence-electron chi connectivity index (χ0n) is 14.5. The summed E-state index contributed by atoms with van der Waals surface area (Å²) >= 11 is 0. The van der Waals surface area contributed by atoms with Gasteiger partial charge in [-0.25, -0.2) is 4.79 Å². The zero-order chi connectivity index (χ0) is 17.8. The SMILES string of the molecule is Cc1ccccc1C(=O)NC1CCN(C(=O)Nc2cnn(C)c2)CC1. The average molecular weight is 341 g/mol. The maximum atomic E-state index is 12.4. The Morgan fingerprint density at radius 1 is 1.20 bits per heavy atom. The fourth-order valence-corrected chi connectivity index (χ4v) is 3.01. The van der Waals surface area contributed by atoms with E-state index in [0.29, 0.717) is 24.3 Å². The Balaban J connectivity index is 1.49. The number of nitrogens with zero attached hydrogens (tertiary/aromatic N) is 3. The molecule has 7 heteroatoms. The summed E-state index contributed by atoms with van der Waals surface area (Å²) in [5.74, 6) is -0.0450. The van der Waals surface area contributed by atoms with Gasteiger partial charge in [0.2, 0.25) is 0 Å². The van der Waals surface area contributed by atoms with E-state index >= 15 is 0 Å². The second kappa shape index (κ2) is 7.38. The van der Waals surface area contributed by atoms with Crippen molar-refractivity contribution in [1.82, 2.24) is 20.0 Å². The lowest BCUT2D eigenvalue weighted by Crippen LogP contribution is -2.47. The van der Waals surface area contributed by atoms with E-state index in [2.05, 4.69) is 15.7 Å². The average Bonchev–Trinajstić information content (AvgIpc) is 3.00. The Hall–Kier alpha value is -2.83. The summed E-state index contributed by atoms with van der Waals surface area (Å²) < 4.78 is 1.64. The van der Waals surface area contributed by atoms with Crippen LogP contribution in [0.1, 0.15) is 28.8 Å². The van der Waals surface area contributed by atoms with Gasteiger partial charge in [0.25, 0.3) is 5.91 Å². The van der Waals surface area contributed by atoms with E-state index in [1.165, 1.54) is 0 Å². The van der Waals surface area contributed by atoms with Crippen LogP contribution in [0.5, 0.6) is 0 Å². The van der Waals surface area contributed by atoms with Crippen molar-refractivity contribution in [3.8, 4) is 0 Å². The Morgan fingerprint density at radius 3 is 2.56 bits per heavy atom. The van der Waals surface area contributed by atoms with Gasteiger partial charge in [-0.05, 0) is 31.4 Å². The maximum Gasteiger partial charge on any atom is 0.321 e. The molecule has 2 aromatic rings. The minimum atomic E-state index is -0.128. The molecule has 25 heavy (non-hydrogen) atoms. The highest BCUT2D eigenvalue weighted by Gasteiger charge is 2.24. The molecule has 0 unspecified atom stereocenters. The van der Waals surface area contributed by atoms with Gasteiger partial charge in [-0.3, -0.25) is 9.48 Å². The number of carbonyl (C=O) groups is 2. The third-order valence-corrected chi connectivity index (χ3v) is 4.46. The van der Waals surface area contributed by atoms with Crippen molar-refractivity contribution in [2.45, 2.75) is 25.8 Å². The molecule has 3 rings (SSSR count). The molecule has 1 aromatic heterocycles. The van der Waals surface area contributed by atoms with Gasteiger partial charge in [0.15, 0.2) is 0 Å². The molecule has 1 fully saturated rings. The van der Waals surface area contributed by atoms with Crippen LogP contribution in [0.3, 0.4) is 0 Å². The van der Waals surface area contributed by atoms with Crippen LogP contribution in [0.25, 0.3) is 0 Å². The summed E-state index contributed by atoms with van der Waals surface area (Å²) in [6, 6.07) is 7.52. The Morgan fingerprint density at radius 2 is 1.92 bits per heavy atom. The fraction of sp³-hybridized carbons (Fsp3) is 0.389. The summed E-state index contributed by atoms with van der Waals surface area (Å²) in [6.45, 7) is 3.16. The second-order valence-electron chi connectivity index (χ2n) is 6.38. The van der Waals surface area contributed by atoms with Crippen LogP contribution in [0.4, 0.5) is 10.5 Å². The number of nitrogens with one attached hydrogen (secondary N) is 2. The number of benzene rings is 1. The molecule has 1 aliphatic heterocycles. The minimum absolute atomic E-state index is 0.0450. The van der Waals surface area contributed by atoms with Gasteiger partial charge in [-0.1, -0.05) is 18.2 Å². The summed E-state index contributed by atoms with van der Waals surface area (Å²) in [4.78, 5) is 26.4. The minimum Gasteiger partial charge on any atom is -0.349 e. The van der Waals surface area contributed by atoms with E-state index in [1.807, 2.05) is 31.2 Å². The number of hydrogen-bond donors (Lipinski definition) is 2. The molecule has 0 spiro atoms. The molecule has 0 radical (unpaired) electrons. The van der Waals surface area contributed by atoms with Crippen molar-refractivity contribution in [1.29, 1.82) is 0 Å². The highest BCUT2D eigenvalue weighted by Crippen LogP contribution is 2.14. The van der Waals surface area contributed by atoms with Crippen molar-refractivity contribution in [3.63, 3.8) is 0 Å². The number of anilines is 1. The quantitative estimate of drug-likeness (QED) is 0.898. The summed E-state index contributed by atoms with van der Waals surface area (Å²) in [5, 5.41) is 9.95. The van der Waals surface area contributed by atoms with Crippen molar-refractivity contribution in [2.75, 3.05) is 18.4 Å². The van der Waals surface area contributed by atoms with Gasteiger partial charge < -0.3 is 15.5 Å². The molecular weight excluding hydrogens is 318 g/mol. The summed E-state index contributed by atoms with van der Waals surface area (Å²) in [6.07, 6.45) is 4.87. The molecule has 132 valence electrons. The smallest absolute Gasteiger partial charge is 0.321 e. The van der Waals surface area contributed by atoms with E-state index in [1.54, 1.807) is 29.0 Å². The molecular formula is C18H23N5O2. The van der Waals surface area contributed by atoms with Crippen LogP contribution < -0.4 is 10.6 Å². The molecule has 3 amide bonds. The molecule has 2 N–H and O–H groups in total. The zero-order valence-corrected chi connectivity index (χ0v) is 14.5. The topological polar surface area (TPSA) is 79.3 Å². The fourth-order valence-electron chi connectivity index (χ4n) is 3.01.